The second-order valence-electron chi connectivity index (χ2n) is 7.29. The lowest BCUT2D eigenvalue weighted by Crippen LogP contribution is -2.73. The third-order valence-electron chi connectivity index (χ3n) is 5.69. The first-order valence-electron chi connectivity index (χ1n) is 9.66. The molecule has 1 saturated heterocycles. The molecule has 0 unspecified atom stereocenters. The third kappa shape index (κ3) is 2.83. The van der Waals surface area contributed by atoms with Crippen molar-refractivity contribution < 1.29 is 14.3 Å². The topological polar surface area (TPSA) is 38.8 Å². The van der Waals surface area contributed by atoms with E-state index in [9.17, 15) is 4.79 Å². The van der Waals surface area contributed by atoms with Gasteiger partial charge in [0.25, 0.3) is 5.91 Å². The van der Waals surface area contributed by atoms with Crippen LogP contribution >= 0.6 is 11.6 Å². The van der Waals surface area contributed by atoms with Crippen LogP contribution in [0.1, 0.15) is 16.7 Å². The number of halogens is 1. The van der Waals surface area contributed by atoms with Gasteiger partial charge >= 0.3 is 0 Å². The SMILES string of the molecule is O=C1[C@@H](OCc2ccccc2)[C@]2(c3ccccc3)c3cc(Cl)ccc3OCCN12. The fraction of sp³-hybridized carbons (Fsp3) is 0.208. The van der Waals surface area contributed by atoms with Crippen molar-refractivity contribution in [1.82, 2.24) is 4.90 Å². The van der Waals surface area contributed by atoms with E-state index in [2.05, 4.69) is 0 Å². The summed E-state index contributed by atoms with van der Waals surface area (Å²) in [5.41, 5.74) is 2.13. The van der Waals surface area contributed by atoms with E-state index in [0.717, 1.165) is 22.4 Å². The van der Waals surface area contributed by atoms with Crippen LogP contribution in [0.2, 0.25) is 5.02 Å². The standard InChI is InChI=1S/C24H20ClNO3/c25-19-11-12-21-20(15-19)24(18-9-5-2-6-10-18)22(23(27)26(24)13-14-28-21)29-16-17-7-3-1-4-8-17/h1-12,15,22H,13-14,16H2/t22-,24+/m1/s1. The minimum atomic E-state index is -0.760. The van der Waals surface area contributed by atoms with Crippen LogP contribution in [0, 0.1) is 0 Å². The van der Waals surface area contributed by atoms with Crippen LogP contribution < -0.4 is 4.74 Å². The average molecular weight is 406 g/mol. The normalized spacial score (nSPS) is 22.7. The van der Waals surface area contributed by atoms with Crippen molar-refractivity contribution in [2.45, 2.75) is 18.2 Å². The van der Waals surface area contributed by atoms with Gasteiger partial charge in [-0.05, 0) is 29.3 Å². The Kier molecular flexibility index (Phi) is 4.53. The summed E-state index contributed by atoms with van der Waals surface area (Å²) in [5, 5.41) is 0.602. The Hall–Kier alpha value is -2.82. The molecule has 0 radical (unpaired) electrons. The number of hydrogen-bond acceptors (Lipinski definition) is 3. The van der Waals surface area contributed by atoms with E-state index >= 15 is 0 Å². The Morgan fingerprint density at radius 2 is 1.76 bits per heavy atom. The summed E-state index contributed by atoms with van der Waals surface area (Å²) in [7, 11) is 0. The predicted octanol–water partition coefficient (Wildman–Crippen LogP) is 4.40. The van der Waals surface area contributed by atoms with Crippen LogP contribution in [-0.2, 0) is 21.7 Å². The first-order valence-corrected chi connectivity index (χ1v) is 10.0. The zero-order valence-corrected chi connectivity index (χ0v) is 16.5. The molecule has 0 bridgehead atoms. The summed E-state index contributed by atoms with van der Waals surface area (Å²) >= 11 is 6.37. The van der Waals surface area contributed by atoms with Crippen molar-refractivity contribution >= 4 is 17.5 Å². The maximum absolute atomic E-state index is 13.2. The van der Waals surface area contributed by atoms with E-state index in [1.165, 1.54) is 0 Å². The van der Waals surface area contributed by atoms with E-state index in [0.29, 0.717) is 24.8 Å². The molecule has 29 heavy (non-hydrogen) atoms. The van der Waals surface area contributed by atoms with Crippen molar-refractivity contribution in [3.05, 3.63) is 101 Å². The van der Waals surface area contributed by atoms with Gasteiger partial charge < -0.3 is 14.4 Å². The van der Waals surface area contributed by atoms with Gasteiger partial charge in [0.15, 0.2) is 6.10 Å². The summed E-state index contributed by atoms with van der Waals surface area (Å²) in [6.45, 7) is 1.28. The van der Waals surface area contributed by atoms with E-state index in [-0.39, 0.29) is 5.91 Å². The van der Waals surface area contributed by atoms with Gasteiger partial charge in [0.05, 0.1) is 13.2 Å². The average Bonchev–Trinajstić information content (AvgIpc) is 2.90. The Bertz CT molecular complexity index is 1040. The molecular formula is C24H20ClNO3. The van der Waals surface area contributed by atoms with Crippen LogP contribution in [0.3, 0.4) is 0 Å². The fourth-order valence-electron chi connectivity index (χ4n) is 4.42. The van der Waals surface area contributed by atoms with Gasteiger partial charge in [-0.3, -0.25) is 4.79 Å². The molecule has 2 atom stereocenters. The van der Waals surface area contributed by atoms with Crippen LogP contribution in [0.15, 0.2) is 78.9 Å². The molecule has 4 nitrogen and oxygen atoms in total. The van der Waals surface area contributed by atoms with Gasteiger partial charge in [0.2, 0.25) is 0 Å². The van der Waals surface area contributed by atoms with Crippen LogP contribution in [0.5, 0.6) is 5.75 Å². The van der Waals surface area contributed by atoms with Crippen molar-refractivity contribution in [3.8, 4) is 5.75 Å². The summed E-state index contributed by atoms with van der Waals surface area (Å²) in [4.78, 5) is 15.0. The molecule has 2 aliphatic heterocycles. The van der Waals surface area contributed by atoms with Crippen molar-refractivity contribution in [3.63, 3.8) is 0 Å². The quantitative estimate of drug-likeness (QED) is 0.604. The molecular weight excluding hydrogens is 386 g/mol. The largest absolute Gasteiger partial charge is 0.491 e. The van der Waals surface area contributed by atoms with Crippen molar-refractivity contribution in [2.75, 3.05) is 13.2 Å². The minimum absolute atomic E-state index is 0.0267. The monoisotopic (exact) mass is 405 g/mol. The Labute approximate surface area is 174 Å². The second kappa shape index (κ2) is 7.21. The number of benzene rings is 3. The zero-order chi connectivity index (χ0) is 19.8. The van der Waals surface area contributed by atoms with Crippen LogP contribution in [-0.4, -0.2) is 30.1 Å². The van der Waals surface area contributed by atoms with Gasteiger partial charge in [0.1, 0.15) is 17.9 Å². The molecule has 1 amide bonds. The second-order valence-corrected chi connectivity index (χ2v) is 7.72. The zero-order valence-electron chi connectivity index (χ0n) is 15.8. The van der Waals surface area contributed by atoms with Gasteiger partial charge in [-0.25, -0.2) is 0 Å². The highest BCUT2D eigenvalue weighted by molar-refractivity contribution is 6.30. The number of ether oxygens (including phenoxy) is 2. The summed E-state index contributed by atoms with van der Waals surface area (Å²) in [5.74, 6) is 0.711. The molecule has 0 saturated carbocycles. The van der Waals surface area contributed by atoms with Crippen LogP contribution in [0.25, 0.3) is 0 Å². The Morgan fingerprint density at radius 1 is 1.03 bits per heavy atom. The number of amides is 1. The smallest absolute Gasteiger partial charge is 0.256 e. The molecule has 0 spiro atoms. The summed E-state index contributed by atoms with van der Waals surface area (Å²) in [6, 6.07) is 25.5. The summed E-state index contributed by atoms with van der Waals surface area (Å²) < 4.78 is 12.2. The number of β-lactam (4-membered cyclic amide) rings is 1. The number of hydrogen-bond donors (Lipinski definition) is 0. The molecule has 146 valence electrons. The highest BCUT2D eigenvalue weighted by Crippen LogP contribution is 2.53. The summed E-state index contributed by atoms with van der Waals surface area (Å²) in [6.07, 6.45) is -0.649. The molecule has 0 N–H and O–H groups in total. The predicted molar refractivity (Wildman–Crippen MR) is 111 cm³/mol. The number of carbonyl (C=O) groups is 1. The highest BCUT2D eigenvalue weighted by atomic mass is 35.5. The molecule has 2 aliphatic rings. The fourth-order valence-corrected chi connectivity index (χ4v) is 4.59. The number of fused-ring (bicyclic) bond motifs is 3. The maximum atomic E-state index is 13.2. The molecule has 0 aliphatic carbocycles. The molecule has 0 aromatic heterocycles. The van der Waals surface area contributed by atoms with E-state index in [1.807, 2.05) is 83.8 Å². The van der Waals surface area contributed by atoms with Crippen molar-refractivity contribution in [1.29, 1.82) is 0 Å². The van der Waals surface area contributed by atoms with Crippen LogP contribution in [0.4, 0.5) is 0 Å². The highest BCUT2D eigenvalue weighted by Gasteiger charge is 2.64. The first-order chi connectivity index (χ1) is 14.2. The van der Waals surface area contributed by atoms with Gasteiger partial charge in [-0.1, -0.05) is 72.3 Å². The van der Waals surface area contributed by atoms with Gasteiger partial charge in [0, 0.05) is 10.6 Å². The van der Waals surface area contributed by atoms with E-state index in [4.69, 9.17) is 21.1 Å². The van der Waals surface area contributed by atoms with Gasteiger partial charge in [-0.15, -0.1) is 0 Å². The lowest BCUT2D eigenvalue weighted by Gasteiger charge is -2.56. The third-order valence-corrected chi connectivity index (χ3v) is 5.93. The first kappa shape index (κ1) is 18.2. The van der Waals surface area contributed by atoms with Crippen molar-refractivity contribution in [2.24, 2.45) is 0 Å². The number of nitrogens with zero attached hydrogens (tertiary/aromatic N) is 1. The van der Waals surface area contributed by atoms with Gasteiger partial charge in [-0.2, -0.15) is 0 Å². The molecule has 2 heterocycles. The Balaban J connectivity index is 1.64. The van der Waals surface area contributed by atoms with E-state index < -0.39 is 11.6 Å². The molecule has 5 rings (SSSR count). The number of carbonyl (C=O) groups excluding carboxylic acids is 1. The molecule has 3 aromatic rings. The van der Waals surface area contributed by atoms with E-state index in [1.54, 1.807) is 0 Å². The molecule has 5 heteroatoms. The Morgan fingerprint density at radius 3 is 2.52 bits per heavy atom. The minimum Gasteiger partial charge on any atom is -0.491 e. The lowest BCUT2D eigenvalue weighted by molar-refractivity contribution is -0.191. The molecule has 3 aromatic carbocycles. The maximum Gasteiger partial charge on any atom is 0.256 e. The lowest BCUT2D eigenvalue weighted by atomic mass is 9.69. The number of rotatable bonds is 4. The molecule has 1 fully saturated rings.